The van der Waals surface area contributed by atoms with Gasteiger partial charge in [-0.25, -0.2) is 0 Å². The molecular weight excluding hydrogens is 416 g/mol. The van der Waals surface area contributed by atoms with E-state index in [0.717, 1.165) is 47.2 Å². The number of anilines is 1. The Morgan fingerprint density at radius 2 is 1.41 bits per heavy atom. The summed E-state index contributed by atoms with van der Waals surface area (Å²) >= 11 is 0. The van der Waals surface area contributed by atoms with Gasteiger partial charge in [0.2, 0.25) is 0 Å². The summed E-state index contributed by atoms with van der Waals surface area (Å²) in [7, 11) is 0. The monoisotopic (exact) mass is 466 g/mol. The maximum absolute atomic E-state index is 11.0. The van der Waals surface area contributed by atoms with Gasteiger partial charge in [0.05, 0.1) is 17.3 Å². The number of rotatable bonds is 16. The number of para-hydroxylation sites is 1. The summed E-state index contributed by atoms with van der Waals surface area (Å²) in [4.78, 5) is 4.94. The molecule has 0 aliphatic heterocycles. The third-order valence-corrected chi connectivity index (χ3v) is 7.57. The Kier molecular flexibility index (Phi) is 11.2. The standard InChI is InChI=1S/C31H50N2O/c1-4-5-6-7-8-9-10-11-12-13-14-15-16-19-22-32-30-25-20-17-18-21-26(25)33-27-23-31(2,3)24-28(34)29(27)30/h17-18,20-21,28,34H,4-16,19,22-24H2,1-3H3,(H,32,33)/t28-/m0/s1. The molecule has 0 bridgehead atoms. The molecule has 0 fully saturated rings. The first-order valence-electron chi connectivity index (χ1n) is 14.4. The van der Waals surface area contributed by atoms with Gasteiger partial charge < -0.3 is 10.4 Å². The molecule has 1 aliphatic rings. The molecule has 190 valence electrons. The number of unbranched alkanes of at least 4 members (excludes halogenated alkanes) is 13. The molecule has 2 N–H and O–H groups in total. The number of aliphatic hydroxyl groups excluding tert-OH is 1. The second-order valence-electron chi connectivity index (χ2n) is 11.4. The molecule has 0 saturated heterocycles. The lowest BCUT2D eigenvalue weighted by Crippen LogP contribution is -2.27. The molecule has 1 heterocycles. The van der Waals surface area contributed by atoms with Crippen LogP contribution in [0.4, 0.5) is 5.69 Å². The highest BCUT2D eigenvalue weighted by Gasteiger charge is 2.34. The molecule has 2 aromatic rings. The maximum atomic E-state index is 11.0. The van der Waals surface area contributed by atoms with Gasteiger partial charge in [0.1, 0.15) is 0 Å². The Balaban J connectivity index is 1.36. The van der Waals surface area contributed by atoms with Gasteiger partial charge in [0.25, 0.3) is 0 Å². The second kappa shape index (κ2) is 14.1. The maximum Gasteiger partial charge on any atom is 0.0833 e. The SMILES string of the molecule is CCCCCCCCCCCCCCCCNc1c2c(nc3ccccc13)CC(C)(C)C[C@@H]2O. The zero-order chi connectivity index (χ0) is 24.2. The van der Waals surface area contributed by atoms with Gasteiger partial charge in [-0.2, -0.15) is 0 Å². The molecule has 1 atom stereocenters. The lowest BCUT2D eigenvalue weighted by atomic mass is 9.74. The minimum absolute atomic E-state index is 0.0910. The van der Waals surface area contributed by atoms with Gasteiger partial charge >= 0.3 is 0 Å². The fourth-order valence-electron chi connectivity index (χ4n) is 5.65. The van der Waals surface area contributed by atoms with Gasteiger partial charge in [-0.3, -0.25) is 4.98 Å². The zero-order valence-corrected chi connectivity index (χ0v) is 22.3. The molecule has 34 heavy (non-hydrogen) atoms. The Labute approximate surface area is 209 Å². The minimum Gasteiger partial charge on any atom is -0.388 e. The highest BCUT2D eigenvalue weighted by atomic mass is 16.3. The Hall–Kier alpha value is -1.61. The van der Waals surface area contributed by atoms with Gasteiger partial charge in [0, 0.05) is 23.2 Å². The number of nitrogens with zero attached hydrogens (tertiary/aromatic N) is 1. The van der Waals surface area contributed by atoms with Crippen molar-refractivity contribution >= 4 is 16.6 Å². The fourth-order valence-corrected chi connectivity index (χ4v) is 5.65. The summed E-state index contributed by atoms with van der Waals surface area (Å²) in [6.07, 6.45) is 20.7. The molecule has 3 nitrogen and oxygen atoms in total. The highest BCUT2D eigenvalue weighted by molar-refractivity contribution is 5.93. The number of fused-ring (bicyclic) bond motifs is 2. The van der Waals surface area contributed by atoms with E-state index in [1.165, 1.54) is 89.9 Å². The zero-order valence-electron chi connectivity index (χ0n) is 22.3. The minimum atomic E-state index is -0.435. The van der Waals surface area contributed by atoms with Gasteiger partial charge in [0.15, 0.2) is 0 Å². The van der Waals surface area contributed by atoms with E-state index in [2.05, 4.69) is 50.4 Å². The normalized spacial score (nSPS) is 17.1. The second-order valence-corrected chi connectivity index (χ2v) is 11.4. The van der Waals surface area contributed by atoms with Crippen molar-refractivity contribution in [3.63, 3.8) is 0 Å². The van der Waals surface area contributed by atoms with E-state index in [9.17, 15) is 5.11 Å². The van der Waals surface area contributed by atoms with Crippen LogP contribution in [-0.4, -0.2) is 16.6 Å². The van der Waals surface area contributed by atoms with Gasteiger partial charge in [-0.1, -0.05) is 122 Å². The first-order chi connectivity index (χ1) is 16.5. The Morgan fingerprint density at radius 1 is 0.853 bits per heavy atom. The van der Waals surface area contributed by atoms with Crippen LogP contribution in [0.15, 0.2) is 24.3 Å². The average molecular weight is 467 g/mol. The number of aromatic nitrogens is 1. The van der Waals surface area contributed by atoms with Crippen LogP contribution in [0.5, 0.6) is 0 Å². The summed E-state index contributed by atoms with van der Waals surface area (Å²) in [5.41, 5.74) is 4.37. The molecule has 0 radical (unpaired) electrons. The van der Waals surface area contributed by atoms with Gasteiger partial charge in [-0.05, 0) is 30.7 Å². The van der Waals surface area contributed by atoms with E-state index in [-0.39, 0.29) is 5.41 Å². The summed E-state index contributed by atoms with van der Waals surface area (Å²) in [6.45, 7) is 7.72. The van der Waals surface area contributed by atoms with Crippen LogP contribution in [0.3, 0.4) is 0 Å². The highest BCUT2D eigenvalue weighted by Crippen LogP contribution is 2.45. The lowest BCUT2D eigenvalue weighted by molar-refractivity contribution is 0.0991. The summed E-state index contributed by atoms with van der Waals surface area (Å²) < 4.78 is 0. The predicted octanol–water partition coefficient (Wildman–Crippen LogP) is 9.13. The lowest BCUT2D eigenvalue weighted by Gasteiger charge is -2.35. The molecular formula is C31H50N2O. The molecule has 0 spiro atoms. The van der Waals surface area contributed by atoms with Crippen molar-refractivity contribution in [2.24, 2.45) is 5.41 Å². The van der Waals surface area contributed by atoms with Crippen LogP contribution in [0.25, 0.3) is 10.9 Å². The van der Waals surface area contributed by atoms with E-state index in [1.54, 1.807) is 0 Å². The largest absolute Gasteiger partial charge is 0.388 e. The van der Waals surface area contributed by atoms with E-state index < -0.39 is 6.10 Å². The van der Waals surface area contributed by atoms with Crippen LogP contribution >= 0.6 is 0 Å². The summed E-state index contributed by atoms with van der Waals surface area (Å²) in [5.74, 6) is 0. The molecule has 0 unspecified atom stereocenters. The summed E-state index contributed by atoms with van der Waals surface area (Å²) in [5, 5.41) is 15.8. The smallest absolute Gasteiger partial charge is 0.0833 e. The first-order valence-corrected chi connectivity index (χ1v) is 14.4. The van der Waals surface area contributed by atoms with Crippen molar-refractivity contribution in [1.82, 2.24) is 4.98 Å². The molecule has 0 amide bonds. The molecule has 1 aromatic heterocycles. The Bertz CT molecular complexity index is 860. The third kappa shape index (κ3) is 8.26. The molecule has 1 aromatic carbocycles. The number of pyridine rings is 1. The van der Waals surface area contributed by atoms with Crippen molar-refractivity contribution in [3.05, 3.63) is 35.5 Å². The van der Waals surface area contributed by atoms with Crippen LogP contribution in [0.2, 0.25) is 0 Å². The molecule has 0 saturated carbocycles. The van der Waals surface area contributed by atoms with Crippen molar-refractivity contribution in [2.45, 2.75) is 130 Å². The topological polar surface area (TPSA) is 45.2 Å². The predicted molar refractivity (Wildman–Crippen MR) is 148 cm³/mol. The molecule has 3 heteroatoms. The van der Waals surface area contributed by atoms with Crippen molar-refractivity contribution in [2.75, 3.05) is 11.9 Å². The van der Waals surface area contributed by atoms with Crippen LogP contribution in [0.1, 0.15) is 134 Å². The van der Waals surface area contributed by atoms with Crippen molar-refractivity contribution in [1.29, 1.82) is 0 Å². The van der Waals surface area contributed by atoms with E-state index in [1.807, 2.05) is 0 Å². The molecule has 1 aliphatic carbocycles. The fraction of sp³-hybridized carbons (Fsp3) is 0.710. The number of aliphatic hydroxyl groups is 1. The third-order valence-electron chi connectivity index (χ3n) is 7.57. The van der Waals surface area contributed by atoms with Crippen LogP contribution in [-0.2, 0) is 6.42 Å². The summed E-state index contributed by atoms with van der Waals surface area (Å²) in [6, 6.07) is 8.38. The number of benzene rings is 1. The molecule has 3 rings (SSSR count). The first kappa shape index (κ1) is 27.0. The van der Waals surface area contributed by atoms with E-state index >= 15 is 0 Å². The van der Waals surface area contributed by atoms with E-state index in [0.29, 0.717) is 0 Å². The van der Waals surface area contributed by atoms with Crippen molar-refractivity contribution < 1.29 is 5.11 Å². The van der Waals surface area contributed by atoms with Crippen molar-refractivity contribution in [3.8, 4) is 0 Å². The van der Waals surface area contributed by atoms with E-state index in [4.69, 9.17) is 4.98 Å². The number of hydrogen-bond donors (Lipinski definition) is 2. The van der Waals surface area contributed by atoms with Crippen LogP contribution in [0, 0.1) is 5.41 Å². The van der Waals surface area contributed by atoms with Crippen LogP contribution < -0.4 is 5.32 Å². The number of hydrogen-bond acceptors (Lipinski definition) is 3. The number of nitrogens with one attached hydrogen (secondary N) is 1. The van der Waals surface area contributed by atoms with Gasteiger partial charge in [-0.15, -0.1) is 0 Å². The quantitative estimate of drug-likeness (QED) is 0.242. The average Bonchev–Trinajstić information content (AvgIpc) is 2.80. The Morgan fingerprint density at radius 3 is 2.03 bits per heavy atom.